The Kier molecular flexibility index (Phi) is 7.95. The van der Waals surface area contributed by atoms with Crippen molar-refractivity contribution in [1.29, 1.82) is 0 Å². The number of hydrogen-bond acceptors (Lipinski definition) is 4. The van der Waals surface area contributed by atoms with E-state index in [2.05, 4.69) is 24.5 Å². The third kappa shape index (κ3) is 7.45. The molecule has 0 saturated carbocycles. The molecule has 0 spiro atoms. The Morgan fingerprint density at radius 1 is 1.32 bits per heavy atom. The summed E-state index contributed by atoms with van der Waals surface area (Å²) in [6.45, 7) is 8.70. The maximum absolute atomic E-state index is 12.0. The molecule has 6 heteroatoms. The first-order chi connectivity index (χ1) is 10.4. The number of aryl methyl sites for hydroxylation is 1. The van der Waals surface area contributed by atoms with Crippen molar-refractivity contribution in [2.45, 2.75) is 46.6 Å². The molecule has 2 amide bonds. The molecule has 0 saturated heterocycles. The molecule has 0 aromatic carbocycles. The highest BCUT2D eigenvalue weighted by Gasteiger charge is 2.16. The molecule has 0 aliphatic carbocycles. The Bertz CT molecular complexity index is 485. The van der Waals surface area contributed by atoms with Gasteiger partial charge in [0.2, 0.25) is 5.91 Å². The van der Waals surface area contributed by atoms with E-state index in [9.17, 15) is 9.59 Å². The van der Waals surface area contributed by atoms with Crippen LogP contribution in [0.5, 0.6) is 0 Å². The van der Waals surface area contributed by atoms with Crippen LogP contribution in [0.1, 0.15) is 36.9 Å². The van der Waals surface area contributed by atoms with Crippen molar-refractivity contribution < 1.29 is 14.3 Å². The molecule has 1 rings (SSSR count). The van der Waals surface area contributed by atoms with Gasteiger partial charge in [0.05, 0.1) is 13.0 Å². The molecule has 0 aliphatic rings. The molecule has 1 aromatic rings. The van der Waals surface area contributed by atoms with Gasteiger partial charge in [-0.3, -0.25) is 4.79 Å². The molecule has 1 heterocycles. The number of rotatable bonds is 8. The number of hydrogen-bond donors (Lipinski definition) is 2. The van der Waals surface area contributed by atoms with E-state index in [1.165, 1.54) is 4.88 Å². The van der Waals surface area contributed by atoms with Crippen molar-refractivity contribution in [3.63, 3.8) is 0 Å². The molecule has 0 bridgehead atoms. The maximum atomic E-state index is 12.0. The number of amides is 2. The molecule has 5 nitrogen and oxygen atoms in total. The lowest BCUT2D eigenvalue weighted by atomic mass is 10.0. The second-order valence-electron chi connectivity index (χ2n) is 5.68. The number of carbonyl (C=O) groups excluding carboxylic acids is 2. The van der Waals surface area contributed by atoms with Crippen molar-refractivity contribution in [3.05, 3.63) is 21.9 Å². The van der Waals surface area contributed by atoms with Gasteiger partial charge in [0, 0.05) is 22.3 Å². The first-order valence-corrected chi connectivity index (χ1v) is 8.47. The van der Waals surface area contributed by atoms with Crippen molar-refractivity contribution in [3.8, 4) is 0 Å². The van der Waals surface area contributed by atoms with E-state index in [0.29, 0.717) is 25.5 Å². The standard InChI is InChI=1S/C16H26N2O3S/c1-5-21-16(20)18-13(8-11(2)3)10-17-15(19)9-14-7-6-12(4)22-14/h6-7,11,13H,5,8-10H2,1-4H3,(H,17,19)(H,18,20). The zero-order valence-electron chi connectivity index (χ0n) is 13.8. The fraction of sp³-hybridized carbons (Fsp3) is 0.625. The van der Waals surface area contributed by atoms with Crippen molar-refractivity contribution in [2.75, 3.05) is 13.2 Å². The molecule has 1 unspecified atom stereocenters. The van der Waals surface area contributed by atoms with E-state index in [0.717, 1.165) is 11.3 Å². The predicted octanol–water partition coefficient (Wildman–Crippen LogP) is 2.88. The van der Waals surface area contributed by atoms with Crippen LogP contribution in [-0.4, -0.2) is 31.2 Å². The first kappa shape index (κ1) is 18.5. The van der Waals surface area contributed by atoms with Crippen molar-refractivity contribution >= 4 is 23.3 Å². The van der Waals surface area contributed by atoms with Crippen LogP contribution < -0.4 is 10.6 Å². The van der Waals surface area contributed by atoms with Gasteiger partial charge in [0.15, 0.2) is 0 Å². The molecule has 0 radical (unpaired) electrons. The third-order valence-electron chi connectivity index (χ3n) is 3.03. The lowest BCUT2D eigenvalue weighted by Gasteiger charge is -2.20. The molecule has 0 aliphatic heterocycles. The smallest absolute Gasteiger partial charge is 0.407 e. The van der Waals surface area contributed by atoms with Gasteiger partial charge in [-0.1, -0.05) is 13.8 Å². The van der Waals surface area contributed by atoms with E-state index in [1.807, 2.05) is 19.1 Å². The van der Waals surface area contributed by atoms with Gasteiger partial charge in [-0.05, 0) is 38.3 Å². The van der Waals surface area contributed by atoms with E-state index < -0.39 is 6.09 Å². The van der Waals surface area contributed by atoms with Gasteiger partial charge in [-0.25, -0.2) is 4.79 Å². The minimum atomic E-state index is -0.434. The summed E-state index contributed by atoms with van der Waals surface area (Å²) in [4.78, 5) is 25.8. The quantitative estimate of drug-likeness (QED) is 0.772. The van der Waals surface area contributed by atoms with Gasteiger partial charge in [-0.2, -0.15) is 0 Å². The lowest BCUT2D eigenvalue weighted by Crippen LogP contribution is -2.44. The van der Waals surface area contributed by atoms with Gasteiger partial charge in [-0.15, -0.1) is 11.3 Å². The fourth-order valence-corrected chi connectivity index (χ4v) is 3.03. The SMILES string of the molecule is CCOC(=O)NC(CNC(=O)Cc1ccc(C)s1)CC(C)C. The maximum Gasteiger partial charge on any atom is 0.407 e. The highest BCUT2D eigenvalue weighted by atomic mass is 32.1. The summed E-state index contributed by atoms with van der Waals surface area (Å²) in [7, 11) is 0. The number of thiophene rings is 1. The lowest BCUT2D eigenvalue weighted by molar-refractivity contribution is -0.120. The van der Waals surface area contributed by atoms with Crippen LogP contribution in [-0.2, 0) is 16.0 Å². The van der Waals surface area contributed by atoms with Crippen molar-refractivity contribution in [2.24, 2.45) is 5.92 Å². The summed E-state index contributed by atoms with van der Waals surface area (Å²) in [6.07, 6.45) is 0.736. The Morgan fingerprint density at radius 2 is 2.05 bits per heavy atom. The normalized spacial score (nSPS) is 12.0. The summed E-state index contributed by atoms with van der Waals surface area (Å²) < 4.78 is 4.90. The zero-order chi connectivity index (χ0) is 16.5. The molecule has 0 fully saturated rings. The summed E-state index contributed by atoms with van der Waals surface area (Å²) in [6, 6.07) is 3.87. The third-order valence-corrected chi connectivity index (χ3v) is 4.03. The molecule has 124 valence electrons. The number of nitrogens with one attached hydrogen (secondary N) is 2. The van der Waals surface area contributed by atoms with Crippen LogP contribution in [0, 0.1) is 12.8 Å². The van der Waals surface area contributed by atoms with Gasteiger partial charge >= 0.3 is 6.09 Å². The van der Waals surface area contributed by atoms with Crippen molar-refractivity contribution in [1.82, 2.24) is 10.6 Å². The van der Waals surface area contributed by atoms with Crippen LogP contribution in [0.2, 0.25) is 0 Å². The van der Waals surface area contributed by atoms with Gasteiger partial charge in [0.25, 0.3) is 0 Å². The average Bonchev–Trinajstić information content (AvgIpc) is 2.81. The highest BCUT2D eigenvalue weighted by Crippen LogP contribution is 2.15. The molecule has 1 aromatic heterocycles. The molecular formula is C16H26N2O3S. The van der Waals surface area contributed by atoms with Gasteiger partial charge < -0.3 is 15.4 Å². The second kappa shape index (κ2) is 9.46. The van der Waals surface area contributed by atoms with E-state index in [1.54, 1.807) is 18.3 Å². The van der Waals surface area contributed by atoms with Crippen LogP contribution in [0.4, 0.5) is 4.79 Å². The number of alkyl carbamates (subject to hydrolysis) is 1. The van der Waals surface area contributed by atoms with Gasteiger partial charge in [0.1, 0.15) is 0 Å². The molecule has 1 atom stereocenters. The Balaban J connectivity index is 2.43. The average molecular weight is 326 g/mol. The summed E-state index contributed by atoms with van der Waals surface area (Å²) in [5.74, 6) is 0.394. The zero-order valence-corrected chi connectivity index (χ0v) is 14.6. The molecule has 22 heavy (non-hydrogen) atoms. The van der Waals surface area contributed by atoms with Crippen LogP contribution in [0.15, 0.2) is 12.1 Å². The van der Waals surface area contributed by atoms with E-state index in [-0.39, 0.29) is 11.9 Å². The Hall–Kier alpha value is -1.56. The largest absolute Gasteiger partial charge is 0.450 e. The minimum Gasteiger partial charge on any atom is -0.450 e. The van der Waals surface area contributed by atoms with E-state index in [4.69, 9.17) is 4.74 Å². The van der Waals surface area contributed by atoms with Crippen LogP contribution in [0.3, 0.4) is 0 Å². The number of carbonyl (C=O) groups is 2. The highest BCUT2D eigenvalue weighted by molar-refractivity contribution is 7.12. The first-order valence-electron chi connectivity index (χ1n) is 7.66. The monoisotopic (exact) mass is 326 g/mol. The summed E-state index contributed by atoms with van der Waals surface area (Å²) in [5.41, 5.74) is 0. The van der Waals surface area contributed by atoms with Crippen LogP contribution in [0.25, 0.3) is 0 Å². The van der Waals surface area contributed by atoms with E-state index >= 15 is 0 Å². The molecule has 2 N–H and O–H groups in total. The Morgan fingerprint density at radius 3 is 2.59 bits per heavy atom. The molecular weight excluding hydrogens is 300 g/mol. The van der Waals surface area contributed by atoms with Crippen LogP contribution >= 0.6 is 11.3 Å². The predicted molar refractivity (Wildman–Crippen MR) is 89.2 cm³/mol. The second-order valence-corrected chi connectivity index (χ2v) is 7.06. The minimum absolute atomic E-state index is 0.0266. The summed E-state index contributed by atoms with van der Waals surface area (Å²) >= 11 is 1.63. The topological polar surface area (TPSA) is 67.4 Å². The fourth-order valence-electron chi connectivity index (χ4n) is 2.14. The Labute approximate surface area is 136 Å². The summed E-state index contributed by atoms with van der Waals surface area (Å²) in [5, 5.41) is 5.69. The number of ether oxygens (including phenoxy) is 1.